The first-order chi connectivity index (χ1) is 9.79. The number of rotatable bonds is 4. The zero-order chi connectivity index (χ0) is 15.6. The highest BCUT2D eigenvalue weighted by Crippen LogP contribution is 2.24. The number of benzene rings is 1. The Hall–Kier alpha value is -1.60. The number of halogens is 1. The second-order valence-corrected chi connectivity index (χ2v) is 7.49. The number of hydrogen-bond donors (Lipinski definition) is 2. The Kier molecular flexibility index (Phi) is 4.53. The fraction of sp³-hybridized carbons (Fsp3) is 0.214. The van der Waals surface area contributed by atoms with Crippen LogP contribution in [-0.2, 0) is 10.0 Å². The van der Waals surface area contributed by atoms with Gasteiger partial charge in [-0.2, -0.15) is 0 Å². The second-order valence-electron chi connectivity index (χ2n) is 4.92. The van der Waals surface area contributed by atoms with E-state index in [0.717, 1.165) is 5.56 Å². The molecule has 0 spiro atoms. The first kappa shape index (κ1) is 15.8. The third-order valence-electron chi connectivity index (χ3n) is 2.97. The van der Waals surface area contributed by atoms with Gasteiger partial charge in [-0.25, -0.2) is 13.4 Å². The average molecular weight is 370 g/mol. The SMILES string of the molecule is CC(C)c1ccc(NS(=O)(=O)c2cc(Br)cnc2N)cc1. The minimum absolute atomic E-state index is 0.0375. The van der Waals surface area contributed by atoms with Crippen LogP contribution in [0.25, 0.3) is 0 Å². The van der Waals surface area contributed by atoms with Crippen LogP contribution in [0, 0.1) is 0 Å². The Balaban J connectivity index is 2.31. The summed E-state index contributed by atoms with van der Waals surface area (Å²) < 4.78 is 27.7. The Morgan fingerprint density at radius 3 is 2.43 bits per heavy atom. The molecular weight excluding hydrogens is 354 g/mol. The van der Waals surface area contributed by atoms with Gasteiger partial charge in [-0.1, -0.05) is 26.0 Å². The number of anilines is 2. The van der Waals surface area contributed by atoms with Gasteiger partial charge in [-0.3, -0.25) is 4.72 Å². The molecule has 112 valence electrons. The highest BCUT2D eigenvalue weighted by atomic mass is 79.9. The molecule has 0 aliphatic rings. The van der Waals surface area contributed by atoms with Crippen LogP contribution >= 0.6 is 15.9 Å². The maximum absolute atomic E-state index is 12.3. The maximum atomic E-state index is 12.3. The van der Waals surface area contributed by atoms with Crippen molar-refractivity contribution in [2.75, 3.05) is 10.5 Å². The maximum Gasteiger partial charge on any atom is 0.265 e. The number of nitrogens with two attached hydrogens (primary N) is 1. The Morgan fingerprint density at radius 1 is 1.24 bits per heavy atom. The number of nitrogens with zero attached hydrogens (tertiary/aromatic N) is 1. The van der Waals surface area contributed by atoms with Crippen molar-refractivity contribution in [2.24, 2.45) is 0 Å². The highest BCUT2D eigenvalue weighted by molar-refractivity contribution is 9.10. The molecule has 1 heterocycles. The number of nitrogen functional groups attached to an aromatic ring is 1. The van der Waals surface area contributed by atoms with Gasteiger partial charge in [0.05, 0.1) is 0 Å². The zero-order valence-electron chi connectivity index (χ0n) is 11.7. The summed E-state index contributed by atoms with van der Waals surface area (Å²) in [5.74, 6) is 0.352. The molecule has 0 saturated carbocycles. The van der Waals surface area contributed by atoms with E-state index in [4.69, 9.17) is 5.73 Å². The summed E-state index contributed by atoms with van der Waals surface area (Å²) in [6, 6.07) is 8.67. The van der Waals surface area contributed by atoms with Crippen molar-refractivity contribution < 1.29 is 8.42 Å². The van der Waals surface area contributed by atoms with Crippen molar-refractivity contribution in [3.8, 4) is 0 Å². The van der Waals surface area contributed by atoms with Crippen LogP contribution < -0.4 is 10.5 Å². The standard InChI is InChI=1S/C14H16BrN3O2S/c1-9(2)10-3-5-12(6-4-10)18-21(19,20)13-7-11(15)8-17-14(13)16/h3-9,18H,1-2H3,(H2,16,17). The van der Waals surface area contributed by atoms with Crippen LogP contribution in [0.15, 0.2) is 45.9 Å². The van der Waals surface area contributed by atoms with Crippen molar-refractivity contribution in [1.82, 2.24) is 4.98 Å². The van der Waals surface area contributed by atoms with Gasteiger partial charge >= 0.3 is 0 Å². The molecule has 1 aromatic heterocycles. The Bertz CT molecular complexity index is 743. The summed E-state index contributed by atoms with van der Waals surface area (Å²) in [5.41, 5.74) is 7.27. The molecule has 0 saturated heterocycles. The fourth-order valence-electron chi connectivity index (χ4n) is 1.79. The molecule has 0 amide bonds. The van der Waals surface area contributed by atoms with Crippen LogP contribution in [0.2, 0.25) is 0 Å². The molecule has 2 rings (SSSR count). The van der Waals surface area contributed by atoms with Gasteiger partial charge in [-0.05, 0) is 45.6 Å². The van der Waals surface area contributed by atoms with Gasteiger partial charge in [0, 0.05) is 16.4 Å². The normalized spacial score (nSPS) is 11.6. The van der Waals surface area contributed by atoms with E-state index >= 15 is 0 Å². The molecule has 1 aromatic carbocycles. The van der Waals surface area contributed by atoms with E-state index in [0.29, 0.717) is 16.1 Å². The van der Waals surface area contributed by atoms with Gasteiger partial charge in [-0.15, -0.1) is 0 Å². The minimum atomic E-state index is -3.77. The number of aromatic nitrogens is 1. The lowest BCUT2D eigenvalue weighted by molar-refractivity contribution is 0.601. The van der Waals surface area contributed by atoms with Crippen molar-refractivity contribution >= 4 is 37.5 Å². The zero-order valence-corrected chi connectivity index (χ0v) is 14.1. The molecule has 0 unspecified atom stereocenters. The smallest absolute Gasteiger partial charge is 0.265 e. The van der Waals surface area contributed by atoms with E-state index in [2.05, 4.69) is 39.5 Å². The molecule has 21 heavy (non-hydrogen) atoms. The molecular formula is C14H16BrN3O2S. The number of hydrogen-bond acceptors (Lipinski definition) is 4. The largest absolute Gasteiger partial charge is 0.383 e. The molecule has 0 bridgehead atoms. The molecule has 0 aliphatic carbocycles. The molecule has 0 atom stereocenters. The Labute approximate surface area is 132 Å². The molecule has 0 aliphatic heterocycles. The third kappa shape index (κ3) is 3.74. The molecule has 3 N–H and O–H groups in total. The summed E-state index contributed by atoms with van der Waals surface area (Å²) in [4.78, 5) is 3.78. The van der Waals surface area contributed by atoms with Crippen LogP contribution in [0.1, 0.15) is 25.3 Å². The summed E-state index contributed by atoms with van der Waals surface area (Å²) in [6.07, 6.45) is 1.45. The van der Waals surface area contributed by atoms with Crippen LogP contribution in [0.5, 0.6) is 0 Å². The van der Waals surface area contributed by atoms with Gasteiger partial charge in [0.1, 0.15) is 10.7 Å². The quantitative estimate of drug-likeness (QED) is 0.864. The van der Waals surface area contributed by atoms with Gasteiger partial charge in [0.2, 0.25) is 0 Å². The van der Waals surface area contributed by atoms with Gasteiger partial charge < -0.3 is 5.73 Å². The third-order valence-corrected chi connectivity index (χ3v) is 4.81. The van der Waals surface area contributed by atoms with Crippen molar-refractivity contribution in [3.63, 3.8) is 0 Å². The predicted molar refractivity (Wildman–Crippen MR) is 87.7 cm³/mol. The molecule has 7 heteroatoms. The molecule has 0 fully saturated rings. The fourth-order valence-corrected chi connectivity index (χ4v) is 3.44. The summed E-state index contributed by atoms with van der Waals surface area (Å²) in [6.45, 7) is 4.15. The van der Waals surface area contributed by atoms with Crippen molar-refractivity contribution in [2.45, 2.75) is 24.7 Å². The number of pyridine rings is 1. The summed E-state index contributed by atoms with van der Waals surface area (Å²) in [5, 5.41) is 0. The second kappa shape index (κ2) is 6.03. The average Bonchev–Trinajstić information content (AvgIpc) is 2.41. The highest BCUT2D eigenvalue weighted by Gasteiger charge is 2.19. The van der Waals surface area contributed by atoms with Crippen LogP contribution in [-0.4, -0.2) is 13.4 Å². The monoisotopic (exact) mass is 369 g/mol. The van der Waals surface area contributed by atoms with Crippen molar-refractivity contribution in [3.05, 3.63) is 46.6 Å². The van der Waals surface area contributed by atoms with E-state index in [1.54, 1.807) is 12.1 Å². The van der Waals surface area contributed by atoms with E-state index in [-0.39, 0.29) is 10.7 Å². The molecule has 2 aromatic rings. The topological polar surface area (TPSA) is 85.1 Å². The van der Waals surface area contributed by atoms with Gasteiger partial charge in [0.15, 0.2) is 0 Å². The lowest BCUT2D eigenvalue weighted by Gasteiger charge is -2.11. The van der Waals surface area contributed by atoms with E-state index in [1.165, 1.54) is 12.3 Å². The van der Waals surface area contributed by atoms with Gasteiger partial charge in [0.25, 0.3) is 10.0 Å². The predicted octanol–water partition coefficient (Wildman–Crippen LogP) is 3.35. The Morgan fingerprint density at radius 2 is 1.86 bits per heavy atom. The summed E-state index contributed by atoms with van der Waals surface area (Å²) in [7, 11) is -3.77. The van der Waals surface area contributed by atoms with Crippen LogP contribution in [0.3, 0.4) is 0 Å². The summed E-state index contributed by atoms with van der Waals surface area (Å²) >= 11 is 3.19. The molecule has 5 nitrogen and oxygen atoms in total. The lowest BCUT2D eigenvalue weighted by atomic mass is 10.0. The minimum Gasteiger partial charge on any atom is -0.383 e. The number of nitrogens with one attached hydrogen (secondary N) is 1. The lowest BCUT2D eigenvalue weighted by Crippen LogP contribution is -2.15. The van der Waals surface area contributed by atoms with Crippen LogP contribution in [0.4, 0.5) is 11.5 Å². The molecule has 0 radical (unpaired) electrons. The van der Waals surface area contributed by atoms with Crippen molar-refractivity contribution in [1.29, 1.82) is 0 Å². The first-order valence-electron chi connectivity index (χ1n) is 6.33. The number of sulfonamides is 1. The van der Waals surface area contributed by atoms with E-state index in [9.17, 15) is 8.42 Å². The first-order valence-corrected chi connectivity index (χ1v) is 8.61. The van der Waals surface area contributed by atoms with E-state index in [1.807, 2.05) is 12.1 Å². The van der Waals surface area contributed by atoms with E-state index < -0.39 is 10.0 Å².